The number of halogens is 1. The highest BCUT2D eigenvalue weighted by Crippen LogP contribution is 2.58. The normalized spacial score (nSPS) is 23.5. The Morgan fingerprint density at radius 1 is 1.23 bits per heavy atom. The number of hydrogen-bond acceptors (Lipinski definition) is 4. The van der Waals surface area contributed by atoms with E-state index in [0.29, 0.717) is 28.3 Å². The summed E-state index contributed by atoms with van der Waals surface area (Å²) in [6.07, 6.45) is 2.29. The third-order valence-electron chi connectivity index (χ3n) is 5.12. The molecule has 4 nitrogen and oxygen atoms in total. The van der Waals surface area contributed by atoms with Crippen molar-refractivity contribution >= 4 is 23.5 Å². The van der Waals surface area contributed by atoms with Crippen LogP contribution in [-0.2, 0) is 19.7 Å². The lowest BCUT2D eigenvalue weighted by Gasteiger charge is -2.31. The third-order valence-corrected chi connectivity index (χ3v) is 5.46. The van der Waals surface area contributed by atoms with Gasteiger partial charge in [-0.2, -0.15) is 0 Å². The maximum absolute atomic E-state index is 13.2. The SMILES string of the molecule is CCOC(=O)C1=CC[C@H](c2ccccc2Cl)[C@@]12C(=O)Oc1ccccc12. The van der Waals surface area contributed by atoms with Crippen molar-refractivity contribution in [2.24, 2.45) is 0 Å². The fourth-order valence-electron chi connectivity index (χ4n) is 4.09. The van der Waals surface area contributed by atoms with Crippen molar-refractivity contribution in [3.8, 4) is 5.75 Å². The van der Waals surface area contributed by atoms with Gasteiger partial charge in [-0.05, 0) is 31.0 Å². The quantitative estimate of drug-likeness (QED) is 0.602. The molecule has 2 atom stereocenters. The van der Waals surface area contributed by atoms with Crippen molar-refractivity contribution < 1.29 is 19.1 Å². The first kappa shape index (κ1) is 16.9. The Morgan fingerprint density at radius 3 is 2.73 bits per heavy atom. The van der Waals surface area contributed by atoms with Gasteiger partial charge in [0.05, 0.1) is 12.2 Å². The molecule has 0 unspecified atom stereocenters. The van der Waals surface area contributed by atoms with Crippen LogP contribution in [0.25, 0.3) is 0 Å². The Balaban J connectivity index is 1.95. The molecule has 0 saturated carbocycles. The summed E-state index contributed by atoms with van der Waals surface area (Å²) >= 11 is 6.44. The zero-order valence-corrected chi connectivity index (χ0v) is 15.0. The predicted molar refractivity (Wildman–Crippen MR) is 97.3 cm³/mol. The van der Waals surface area contributed by atoms with E-state index in [1.165, 1.54) is 0 Å². The van der Waals surface area contributed by atoms with Crippen molar-refractivity contribution in [1.82, 2.24) is 0 Å². The fourth-order valence-corrected chi connectivity index (χ4v) is 4.36. The first-order chi connectivity index (χ1) is 12.6. The van der Waals surface area contributed by atoms with Gasteiger partial charge in [0.1, 0.15) is 11.2 Å². The van der Waals surface area contributed by atoms with Crippen LogP contribution in [0.15, 0.2) is 60.2 Å². The van der Waals surface area contributed by atoms with Gasteiger partial charge in [0, 0.05) is 16.5 Å². The summed E-state index contributed by atoms with van der Waals surface area (Å²) in [5, 5.41) is 0.563. The topological polar surface area (TPSA) is 52.6 Å². The Morgan fingerprint density at radius 2 is 1.96 bits per heavy atom. The molecule has 1 aliphatic heterocycles. The minimum atomic E-state index is -1.23. The maximum atomic E-state index is 13.2. The molecule has 26 heavy (non-hydrogen) atoms. The van der Waals surface area contributed by atoms with Crippen molar-refractivity contribution in [3.05, 3.63) is 76.3 Å². The van der Waals surface area contributed by atoms with Crippen LogP contribution in [0.1, 0.15) is 30.4 Å². The number of fused-ring (bicyclic) bond motifs is 2. The van der Waals surface area contributed by atoms with E-state index in [1.54, 1.807) is 31.2 Å². The number of hydrogen-bond donors (Lipinski definition) is 0. The lowest BCUT2D eigenvalue weighted by atomic mass is 9.67. The average Bonchev–Trinajstić information content (AvgIpc) is 3.16. The molecule has 2 aromatic rings. The zero-order valence-electron chi connectivity index (χ0n) is 14.2. The molecular weight excluding hydrogens is 352 g/mol. The minimum Gasteiger partial charge on any atom is -0.463 e. The van der Waals surface area contributed by atoms with Gasteiger partial charge >= 0.3 is 11.9 Å². The molecule has 0 N–H and O–H groups in total. The molecule has 0 radical (unpaired) electrons. The van der Waals surface area contributed by atoms with Gasteiger partial charge in [0.15, 0.2) is 0 Å². The summed E-state index contributed by atoms with van der Waals surface area (Å²) in [4.78, 5) is 25.8. The fraction of sp³-hybridized carbons (Fsp3) is 0.238. The van der Waals surface area contributed by atoms with E-state index < -0.39 is 17.4 Å². The summed E-state index contributed by atoms with van der Waals surface area (Å²) < 4.78 is 10.8. The lowest BCUT2D eigenvalue weighted by Crippen LogP contribution is -2.41. The first-order valence-electron chi connectivity index (χ1n) is 8.54. The second-order valence-electron chi connectivity index (χ2n) is 6.34. The third kappa shape index (κ3) is 2.22. The van der Waals surface area contributed by atoms with Crippen LogP contribution in [-0.4, -0.2) is 18.5 Å². The largest absolute Gasteiger partial charge is 0.463 e. The van der Waals surface area contributed by atoms with Crippen molar-refractivity contribution in [1.29, 1.82) is 0 Å². The monoisotopic (exact) mass is 368 g/mol. The number of para-hydroxylation sites is 1. The maximum Gasteiger partial charge on any atom is 0.335 e. The van der Waals surface area contributed by atoms with Gasteiger partial charge in [-0.1, -0.05) is 54.1 Å². The predicted octanol–water partition coefficient (Wildman–Crippen LogP) is 4.17. The summed E-state index contributed by atoms with van der Waals surface area (Å²) in [5.74, 6) is -0.797. The summed E-state index contributed by atoms with van der Waals surface area (Å²) in [6, 6.07) is 14.6. The number of carbonyl (C=O) groups excluding carboxylic acids is 2. The van der Waals surface area contributed by atoms with Crippen molar-refractivity contribution in [2.75, 3.05) is 6.61 Å². The van der Waals surface area contributed by atoms with E-state index in [0.717, 1.165) is 5.56 Å². The smallest absolute Gasteiger partial charge is 0.335 e. The standard InChI is InChI=1S/C21H17ClO4/c1-2-25-19(23)16-12-11-14(13-7-3-5-9-17(13)22)21(16)15-8-4-6-10-18(15)26-20(21)24/h3-10,12,14H,2,11H2,1H3/t14-,21+/m1/s1. The van der Waals surface area contributed by atoms with Crippen molar-refractivity contribution in [2.45, 2.75) is 24.7 Å². The molecule has 1 heterocycles. The van der Waals surface area contributed by atoms with Crippen molar-refractivity contribution in [3.63, 3.8) is 0 Å². The molecule has 132 valence electrons. The number of allylic oxidation sites excluding steroid dienone is 1. The van der Waals surface area contributed by atoms with E-state index in [4.69, 9.17) is 21.1 Å². The van der Waals surface area contributed by atoms with Crippen LogP contribution < -0.4 is 4.74 Å². The van der Waals surface area contributed by atoms with Crippen LogP contribution >= 0.6 is 11.6 Å². The molecule has 0 fully saturated rings. The zero-order chi connectivity index (χ0) is 18.3. The van der Waals surface area contributed by atoms with Gasteiger partial charge in [-0.15, -0.1) is 0 Å². The summed E-state index contributed by atoms with van der Waals surface area (Å²) in [7, 11) is 0. The van der Waals surface area contributed by atoms with Crippen LogP contribution in [0, 0.1) is 0 Å². The van der Waals surface area contributed by atoms with E-state index >= 15 is 0 Å². The summed E-state index contributed by atoms with van der Waals surface area (Å²) in [5.41, 5.74) is 0.609. The van der Waals surface area contributed by atoms with Gasteiger partial charge in [0.2, 0.25) is 0 Å². The minimum absolute atomic E-state index is 0.236. The van der Waals surface area contributed by atoms with Crippen LogP contribution in [0.2, 0.25) is 5.02 Å². The second kappa shape index (κ2) is 6.29. The molecule has 0 saturated heterocycles. The Labute approximate surface area is 156 Å². The highest BCUT2D eigenvalue weighted by molar-refractivity contribution is 6.31. The van der Waals surface area contributed by atoms with Crippen LogP contribution in [0.3, 0.4) is 0 Å². The number of benzene rings is 2. The average molecular weight is 369 g/mol. The van der Waals surface area contributed by atoms with E-state index in [-0.39, 0.29) is 12.5 Å². The number of esters is 2. The molecule has 5 heteroatoms. The molecular formula is C21H17ClO4. The Kier molecular flexibility index (Phi) is 4.08. The lowest BCUT2D eigenvalue weighted by molar-refractivity contribution is -0.144. The van der Waals surface area contributed by atoms with Gasteiger partial charge in [-0.3, -0.25) is 4.79 Å². The Bertz CT molecular complexity index is 933. The highest BCUT2D eigenvalue weighted by atomic mass is 35.5. The summed E-state index contributed by atoms with van der Waals surface area (Å²) in [6.45, 7) is 1.98. The first-order valence-corrected chi connectivity index (χ1v) is 8.92. The Hall–Kier alpha value is -2.59. The molecule has 1 spiro atoms. The van der Waals surface area contributed by atoms with E-state index in [2.05, 4.69) is 0 Å². The number of carbonyl (C=O) groups is 2. The number of ether oxygens (including phenoxy) is 2. The molecule has 1 aliphatic carbocycles. The molecule has 4 rings (SSSR count). The highest BCUT2D eigenvalue weighted by Gasteiger charge is 2.61. The van der Waals surface area contributed by atoms with E-state index in [9.17, 15) is 9.59 Å². The molecule has 2 aromatic carbocycles. The number of rotatable bonds is 3. The molecule has 0 amide bonds. The van der Waals surface area contributed by atoms with E-state index in [1.807, 2.05) is 30.3 Å². The van der Waals surface area contributed by atoms with Gasteiger partial charge in [-0.25, -0.2) is 4.79 Å². The van der Waals surface area contributed by atoms with Crippen LogP contribution in [0.4, 0.5) is 0 Å². The molecule has 0 aromatic heterocycles. The molecule has 2 aliphatic rings. The molecule has 0 bridgehead atoms. The van der Waals surface area contributed by atoms with Gasteiger partial charge < -0.3 is 9.47 Å². The second-order valence-corrected chi connectivity index (χ2v) is 6.75. The van der Waals surface area contributed by atoms with Crippen LogP contribution in [0.5, 0.6) is 5.75 Å². The van der Waals surface area contributed by atoms with Gasteiger partial charge in [0.25, 0.3) is 0 Å².